The number of hydrogen-bond acceptors (Lipinski definition) is 5. The Balaban J connectivity index is 1.83. The van der Waals surface area contributed by atoms with Gasteiger partial charge in [-0.15, -0.1) is 0 Å². The van der Waals surface area contributed by atoms with Gasteiger partial charge < -0.3 is 9.84 Å². The van der Waals surface area contributed by atoms with Gasteiger partial charge in [-0.2, -0.15) is 0 Å². The minimum atomic E-state index is -0.476. The van der Waals surface area contributed by atoms with Crippen LogP contribution in [0.15, 0.2) is 24.3 Å². The second-order valence-electron chi connectivity index (χ2n) is 4.92. The summed E-state index contributed by atoms with van der Waals surface area (Å²) in [5.74, 6) is -1.22. The molecule has 0 aliphatic carbocycles. The van der Waals surface area contributed by atoms with Crippen molar-refractivity contribution in [2.45, 2.75) is 25.7 Å². The van der Waals surface area contributed by atoms with E-state index in [0.29, 0.717) is 0 Å². The molecule has 1 atom stereocenters. The Labute approximate surface area is 122 Å². The van der Waals surface area contributed by atoms with Crippen molar-refractivity contribution in [1.29, 1.82) is 0 Å². The van der Waals surface area contributed by atoms with Gasteiger partial charge in [0.1, 0.15) is 12.4 Å². The number of carbonyl (C=O) groups excluding carboxylic acids is 3. The van der Waals surface area contributed by atoms with Gasteiger partial charge in [0.15, 0.2) is 0 Å². The quantitative estimate of drug-likeness (QED) is 0.650. The zero-order chi connectivity index (χ0) is 15.4. The van der Waals surface area contributed by atoms with Crippen LogP contribution in [0, 0.1) is 0 Å². The number of benzene rings is 1. The highest BCUT2D eigenvalue weighted by atomic mass is 16.5. The molecule has 1 aromatic carbocycles. The molecule has 0 bridgehead atoms. The first-order valence-electron chi connectivity index (χ1n) is 6.78. The summed E-state index contributed by atoms with van der Waals surface area (Å²) < 4.78 is 5.10. The summed E-state index contributed by atoms with van der Waals surface area (Å²) in [4.78, 5) is 35.8. The van der Waals surface area contributed by atoms with Gasteiger partial charge >= 0.3 is 5.97 Å². The number of ether oxygens (including phenoxy) is 1. The Morgan fingerprint density at radius 3 is 2.38 bits per heavy atom. The third kappa shape index (κ3) is 3.59. The van der Waals surface area contributed by atoms with E-state index in [9.17, 15) is 19.5 Å². The fourth-order valence-corrected chi connectivity index (χ4v) is 2.13. The van der Waals surface area contributed by atoms with Crippen LogP contribution < -0.4 is 0 Å². The van der Waals surface area contributed by atoms with Crippen LogP contribution in [0.25, 0.3) is 0 Å². The van der Waals surface area contributed by atoms with Crippen LogP contribution >= 0.6 is 0 Å². The summed E-state index contributed by atoms with van der Waals surface area (Å²) in [5, 5.41) is 9.20. The highest BCUT2D eigenvalue weighted by Gasteiger charge is 2.28. The molecule has 0 saturated carbocycles. The van der Waals surface area contributed by atoms with Crippen LogP contribution in [0.5, 0.6) is 5.75 Å². The molecular weight excluding hydrogens is 274 g/mol. The van der Waals surface area contributed by atoms with Crippen molar-refractivity contribution in [3.8, 4) is 5.75 Å². The number of phenolic OH excluding ortho intramolecular Hbond substituents is 1. The standard InChI is InChI=1S/C15H17NO5/c1-10(11-2-4-12(17)5-3-11)15(20)21-9-8-16-13(18)6-7-14(16)19/h2-5,10,17H,6-9H2,1H3/t10-/m0/s1. The van der Waals surface area contributed by atoms with Crippen LogP contribution in [0.3, 0.4) is 0 Å². The lowest BCUT2D eigenvalue weighted by atomic mass is 10.0. The van der Waals surface area contributed by atoms with Gasteiger partial charge in [-0.05, 0) is 24.6 Å². The third-order valence-electron chi connectivity index (χ3n) is 3.46. The number of likely N-dealkylation sites (tertiary alicyclic amines) is 1. The van der Waals surface area contributed by atoms with Crippen molar-refractivity contribution in [3.63, 3.8) is 0 Å². The molecule has 1 saturated heterocycles. The van der Waals surface area contributed by atoms with E-state index in [1.165, 1.54) is 12.1 Å². The SMILES string of the molecule is C[C@H](C(=O)OCCN1C(=O)CCC1=O)c1ccc(O)cc1. The average Bonchev–Trinajstić information content (AvgIpc) is 2.79. The van der Waals surface area contributed by atoms with Gasteiger partial charge in [0.2, 0.25) is 11.8 Å². The van der Waals surface area contributed by atoms with E-state index in [-0.39, 0.29) is 43.6 Å². The number of nitrogens with zero attached hydrogens (tertiary/aromatic N) is 1. The summed E-state index contributed by atoms with van der Waals surface area (Å²) in [7, 11) is 0. The van der Waals surface area contributed by atoms with E-state index < -0.39 is 11.9 Å². The Hall–Kier alpha value is -2.37. The first kappa shape index (κ1) is 15.0. The number of esters is 1. The van der Waals surface area contributed by atoms with Crippen molar-refractivity contribution in [1.82, 2.24) is 4.90 Å². The molecule has 2 rings (SSSR count). The zero-order valence-corrected chi connectivity index (χ0v) is 11.7. The van der Waals surface area contributed by atoms with Gasteiger partial charge in [0.25, 0.3) is 0 Å². The number of hydrogen-bond donors (Lipinski definition) is 1. The number of aromatic hydroxyl groups is 1. The molecule has 21 heavy (non-hydrogen) atoms. The second kappa shape index (κ2) is 6.39. The maximum Gasteiger partial charge on any atom is 0.313 e. The molecule has 112 valence electrons. The fraction of sp³-hybridized carbons (Fsp3) is 0.400. The van der Waals surface area contributed by atoms with Crippen molar-refractivity contribution in [3.05, 3.63) is 29.8 Å². The molecule has 1 fully saturated rings. The smallest absolute Gasteiger partial charge is 0.313 e. The van der Waals surface area contributed by atoms with E-state index in [4.69, 9.17) is 4.74 Å². The normalized spacial score (nSPS) is 16.1. The van der Waals surface area contributed by atoms with Gasteiger partial charge in [-0.25, -0.2) is 0 Å². The molecule has 6 nitrogen and oxygen atoms in total. The third-order valence-corrected chi connectivity index (χ3v) is 3.46. The van der Waals surface area contributed by atoms with Crippen LogP contribution in [-0.2, 0) is 19.1 Å². The second-order valence-corrected chi connectivity index (χ2v) is 4.92. The molecular formula is C15H17NO5. The molecule has 0 unspecified atom stereocenters. The molecule has 0 aromatic heterocycles. The monoisotopic (exact) mass is 291 g/mol. The van der Waals surface area contributed by atoms with Crippen molar-refractivity contribution >= 4 is 17.8 Å². The Kier molecular flexibility index (Phi) is 4.57. The lowest BCUT2D eigenvalue weighted by Gasteiger charge is -2.15. The van der Waals surface area contributed by atoms with E-state index in [1.54, 1.807) is 19.1 Å². The van der Waals surface area contributed by atoms with Crippen molar-refractivity contribution in [2.75, 3.05) is 13.2 Å². The van der Waals surface area contributed by atoms with Crippen LogP contribution in [0.4, 0.5) is 0 Å². The number of amides is 2. The molecule has 1 N–H and O–H groups in total. The van der Waals surface area contributed by atoms with Gasteiger partial charge in [-0.3, -0.25) is 19.3 Å². The van der Waals surface area contributed by atoms with Crippen molar-refractivity contribution < 1.29 is 24.2 Å². The molecule has 2 amide bonds. The maximum absolute atomic E-state index is 11.9. The lowest BCUT2D eigenvalue weighted by molar-refractivity contribution is -0.149. The van der Waals surface area contributed by atoms with E-state index >= 15 is 0 Å². The average molecular weight is 291 g/mol. The Bertz CT molecular complexity index is 536. The predicted molar refractivity (Wildman–Crippen MR) is 73.4 cm³/mol. The summed E-state index contributed by atoms with van der Waals surface area (Å²) in [6.45, 7) is 1.80. The van der Waals surface area contributed by atoms with Gasteiger partial charge in [0, 0.05) is 12.8 Å². The summed E-state index contributed by atoms with van der Waals surface area (Å²) in [5.41, 5.74) is 0.728. The zero-order valence-electron chi connectivity index (χ0n) is 11.7. The Morgan fingerprint density at radius 1 is 1.24 bits per heavy atom. The Morgan fingerprint density at radius 2 is 1.81 bits per heavy atom. The van der Waals surface area contributed by atoms with Crippen molar-refractivity contribution in [2.24, 2.45) is 0 Å². The molecule has 1 heterocycles. The topological polar surface area (TPSA) is 83.9 Å². The number of phenols is 1. The number of imide groups is 1. The minimum Gasteiger partial charge on any atom is -0.508 e. The highest BCUT2D eigenvalue weighted by molar-refractivity contribution is 6.01. The number of carbonyl (C=O) groups is 3. The summed E-state index contributed by atoms with van der Waals surface area (Å²) in [6, 6.07) is 6.30. The number of rotatable bonds is 5. The summed E-state index contributed by atoms with van der Waals surface area (Å²) in [6.07, 6.45) is 0.466. The van der Waals surface area contributed by atoms with E-state index in [2.05, 4.69) is 0 Å². The first-order chi connectivity index (χ1) is 9.99. The fourth-order valence-electron chi connectivity index (χ4n) is 2.13. The maximum atomic E-state index is 11.9. The molecule has 1 aliphatic heterocycles. The van der Waals surface area contributed by atoms with Gasteiger partial charge in [-0.1, -0.05) is 12.1 Å². The predicted octanol–water partition coefficient (Wildman–Crippen LogP) is 1.19. The molecule has 1 aromatic rings. The van der Waals surface area contributed by atoms with Crippen LogP contribution in [-0.4, -0.2) is 40.9 Å². The minimum absolute atomic E-state index is 0.00125. The molecule has 6 heteroatoms. The van der Waals surface area contributed by atoms with E-state index in [0.717, 1.165) is 10.5 Å². The van der Waals surface area contributed by atoms with Crippen LogP contribution in [0.2, 0.25) is 0 Å². The van der Waals surface area contributed by atoms with Gasteiger partial charge in [0.05, 0.1) is 12.5 Å². The molecule has 0 radical (unpaired) electrons. The van der Waals surface area contributed by atoms with E-state index in [1.807, 2.05) is 0 Å². The highest BCUT2D eigenvalue weighted by Crippen LogP contribution is 2.19. The largest absolute Gasteiger partial charge is 0.508 e. The van der Waals surface area contributed by atoms with Crippen LogP contribution in [0.1, 0.15) is 31.2 Å². The molecule has 0 spiro atoms. The summed E-state index contributed by atoms with van der Waals surface area (Å²) >= 11 is 0. The lowest BCUT2D eigenvalue weighted by Crippen LogP contribution is -2.33. The molecule has 1 aliphatic rings. The first-order valence-corrected chi connectivity index (χ1v) is 6.78.